The van der Waals surface area contributed by atoms with Crippen molar-refractivity contribution in [2.75, 3.05) is 33.9 Å². The van der Waals surface area contributed by atoms with Gasteiger partial charge in [0, 0.05) is 33.1 Å². The van der Waals surface area contributed by atoms with Gasteiger partial charge in [0.15, 0.2) is 5.96 Å². The predicted molar refractivity (Wildman–Crippen MR) is 133 cm³/mol. The smallest absolute Gasteiger partial charge is 0.222 e. The van der Waals surface area contributed by atoms with E-state index in [0.29, 0.717) is 32.7 Å². The Bertz CT molecular complexity index is 841. The maximum atomic E-state index is 11.8. The first-order valence-corrected chi connectivity index (χ1v) is 10.2. The third-order valence-electron chi connectivity index (χ3n) is 4.97. The molecule has 0 unspecified atom stereocenters. The second-order valence-corrected chi connectivity index (χ2v) is 7.11. The fraction of sp³-hybridized carbons (Fsp3) is 0.391. The Morgan fingerprint density at radius 2 is 1.71 bits per heavy atom. The molecule has 8 heteroatoms. The number of benzene rings is 2. The number of carbonyl (C=O) groups excluding carboxylic acids is 1. The lowest BCUT2D eigenvalue weighted by Crippen LogP contribution is -2.38. The molecule has 3 rings (SSSR count). The first-order chi connectivity index (χ1) is 14.7. The van der Waals surface area contributed by atoms with Crippen LogP contribution < -0.4 is 20.1 Å². The van der Waals surface area contributed by atoms with E-state index in [2.05, 4.69) is 39.9 Å². The summed E-state index contributed by atoms with van der Waals surface area (Å²) in [6, 6.07) is 15.9. The molecule has 2 aromatic carbocycles. The Kier molecular flexibility index (Phi) is 10.4. The van der Waals surface area contributed by atoms with Gasteiger partial charge in [-0.25, -0.2) is 0 Å². The molecule has 168 valence electrons. The summed E-state index contributed by atoms with van der Waals surface area (Å²) < 4.78 is 10.8. The molecular weight excluding hydrogens is 507 g/mol. The van der Waals surface area contributed by atoms with Crippen molar-refractivity contribution in [3.63, 3.8) is 0 Å². The monoisotopic (exact) mass is 538 g/mol. The van der Waals surface area contributed by atoms with Crippen LogP contribution in [0.4, 0.5) is 0 Å². The Labute approximate surface area is 201 Å². The second-order valence-electron chi connectivity index (χ2n) is 7.11. The van der Waals surface area contributed by atoms with Crippen molar-refractivity contribution in [2.24, 2.45) is 4.99 Å². The number of nitrogens with one attached hydrogen (secondary N) is 2. The molecule has 0 spiro atoms. The largest absolute Gasteiger partial charge is 0.497 e. The number of aliphatic imine (C=N–C) groups is 1. The number of hydrogen-bond acceptors (Lipinski definition) is 4. The fourth-order valence-corrected chi connectivity index (χ4v) is 3.27. The zero-order chi connectivity index (χ0) is 21.2. The minimum atomic E-state index is 0. The van der Waals surface area contributed by atoms with Gasteiger partial charge in [-0.1, -0.05) is 24.3 Å². The van der Waals surface area contributed by atoms with Gasteiger partial charge in [-0.05, 0) is 41.8 Å². The van der Waals surface area contributed by atoms with Crippen LogP contribution in [-0.2, 0) is 17.9 Å². The SMILES string of the molecule is CN=C(NCCOc1ccc(OC)cc1)NCc1ccc(CN2CCCC2=O)cc1.I. The van der Waals surface area contributed by atoms with E-state index < -0.39 is 0 Å². The van der Waals surface area contributed by atoms with Crippen LogP contribution >= 0.6 is 24.0 Å². The molecule has 1 aliphatic heterocycles. The van der Waals surface area contributed by atoms with Gasteiger partial charge in [0.2, 0.25) is 5.91 Å². The van der Waals surface area contributed by atoms with Crippen molar-refractivity contribution in [2.45, 2.75) is 25.9 Å². The lowest BCUT2D eigenvalue weighted by atomic mass is 10.1. The molecule has 0 aromatic heterocycles. The van der Waals surface area contributed by atoms with Crippen LogP contribution in [0.25, 0.3) is 0 Å². The van der Waals surface area contributed by atoms with Gasteiger partial charge in [0.25, 0.3) is 0 Å². The van der Waals surface area contributed by atoms with E-state index in [4.69, 9.17) is 9.47 Å². The number of rotatable bonds is 9. The Morgan fingerprint density at radius 1 is 1.03 bits per heavy atom. The number of nitrogens with zero attached hydrogens (tertiary/aromatic N) is 2. The van der Waals surface area contributed by atoms with Crippen molar-refractivity contribution >= 4 is 35.8 Å². The zero-order valence-corrected chi connectivity index (χ0v) is 20.4. The highest BCUT2D eigenvalue weighted by Crippen LogP contribution is 2.17. The van der Waals surface area contributed by atoms with Crippen LogP contribution in [0.2, 0.25) is 0 Å². The van der Waals surface area contributed by atoms with E-state index in [1.54, 1.807) is 14.2 Å². The summed E-state index contributed by atoms with van der Waals surface area (Å²) in [6.07, 6.45) is 1.65. The molecule has 2 aromatic rings. The number of amides is 1. The topological polar surface area (TPSA) is 75.2 Å². The van der Waals surface area contributed by atoms with Gasteiger partial charge >= 0.3 is 0 Å². The molecule has 1 aliphatic rings. The quantitative estimate of drug-likeness (QED) is 0.222. The molecule has 0 aliphatic carbocycles. The van der Waals surface area contributed by atoms with Crippen molar-refractivity contribution in [3.8, 4) is 11.5 Å². The number of halogens is 1. The third-order valence-corrected chi connectivity index (χ3v) is 4.97. The molecule has 0 saturated carbocycles. The van der Waals surface area contributed by atoms with Gasteiger partial charge in [-0.15, -0.1) is 24.0 Å². The van der Waals surface area contributed by atoms with Crippen molar-refractivity contribution in [3.05, 3.63) is 59.7 Å². The molecule has 2 N–H and O–H groups in total. The molecule has 31 heavy (non-hydrogen) atoms. The second kappa shape index (κ2) is 13.0. The van der Waals surface area contributed by atoms with Gasteiger partial charge in [0.05, 0.1) is 13.7 Å². The molecule has 1 heterocycles. The molecular formula is C23H31IN4O3. The number of methoxy groups -OCH3 is 1. The summed E-state index contributed by atoms with van der Waals surface area (Å²) in [4.78, 5) is 17.9. The third kappa shape index (κ3) is 7.93. The minimum absolute atomic E-state index is 0. The summed E-state index contributed by atoms with van der Waals surface area (Å²) in [5.74, 6) is 2.59. The van der Waals surface area contributed by atoms with Crippen LogP contribution in [0.1, 0.15) is 24.0 Å². The minimum Gasteiger partial charge on any atom is -0.497 e. The average Bonchev–Trinajstić information content (AvgIpc) is 3.19. The number of hydrogen-bond donors (Lipinski definition) is 2. The van der Waals surface area contributed by atoms with Crippen LogP contribution in [0.5, 0.6) is 11.5 Å². The molecule has 0 atom stereocenters. The lowest BCUT2D eigenvalue weighted by molar-refractivity contribution is -0.128. The van der Waals surface area contributed by atoms with Crippen molar-refractivity contribution in [1.82, 2.24) is 15.5 Å². The van der Waals surface area contributed by atoms with Gasteiger partial charge in [-0.3, -0.25) is 9.79 Å². The van der Waals surface area contributed by atoms with Crippen LogP contribution in [-0.4, -0.2) is 50.6 Å². The van der Waals surface area contributed by atoms with Crippen molar-refractivity contribution in [1.29, 1.82) is 0 Å². The standard InChI is InChI=1S/C23H30N4O3.HI/c1-24-23(25-13-15-30-21-11-9-20(29-2)10-12-21)26-16-18-5-7-19(8-6-18)17-27-14-3-4-22(27)28;/h5-12H,3-4,13-17H2,1-2H3,(H2,24,25,26);1H. The molecule has 0 radical (unpaired) electrons. The van der Waals surface area contributed by atoms with E-state index in [1.165, 1.54) is 0 Å². The van der Waals surface area contributed by atoms with Gasteiger partial charge in [0.1, 0.15) is 18.1 Å². The number of ether oxygens (including phenoxy) is 2. The van der Waals surface area contributed by atoms with Crippen molar-refractivity contribution < 1.29 is 14.3 Å². The van der Waals surface area contributed by atoms with Crippen LogP contribution in [0.15, 0.2) is 53.5 Å². The first-order valence-electron chi connectivity index (χ1n) is 10.2. The van der Waals surface area contributed by atoms with Crippen LogP contribution in [0.3, 0.4) is 0 Å². The van der Waals surface area contributed by atoms with Gasteiger partial charge in [-0.2, -0.15) is 0 Å². The number of likely N-dealkylation sites (tertiary alicyclic amines) is 1. The van der Waals surface area contributed by atoms with Gasteiger partial charge < -0.3 is 25.0 Å². The summed E-state index contributed by atoms with van der Waals surface area (Å²) in [6.45, 7) is 3.39. The number of guanidine groups is 1. The zero-order valence-electron chi connectivity index (χ0n) is 18.1. The normalized spacial score (nSPS) is 13.5. The maximum Gasteiger partial charge on any atom is 0.222 e. The van der Waals surface area contributed by atoms with E-state index in [1.807, 2.05) is 29.2 Å². The van der Waals surface area contributed by atoms with E-state index >= 15 is 0 Å². The highest BCUT2D eigenvalue weighted by Gasteiger charge is 2.19. The summed E-state index contributed by atoms with van der Waals surface area (Å²) >= 11 is 0. The van der Waals surface area contributed by atoms with E-state index in [0.717, 1.165) is 41.6 Å². The fourth-order valence-electron chi connectivity index (χ4n) is 3.27. The molecule has 7 nitrogen and oxygen atoms in total. The lowest BCUT2D eigenvalue weighted by Gasteiger charge is -2.16. The number of carbonyl (C=O) groups is 1. The Balaban J connectivity index is 0.00000341. The maximum absolute atomic E-state index is 11.8. The van der Waals surface area contributed by atoms with E-state index in [9.17, 15) is 4.79 Å². The Hall–Kier alpha value is -2.49. The Morgan fingerprint density at radius 3 is 2.32 bits per heavy atom. The summed E-state index contributed by atoms with van der Waals surface area (Å²) in [7, 11) is 3.39. The first kappa shape index (κ1) is 24.8. The highest BCUT2D eigenvalue weighted by atomic mass is 127. The predicted octanol–water partition coefficient (Wildman–Crippen LogP) is 3.18. The average molecular weight is 538 g/mol. The van der Waals surface area contributed by atoms with Crippen LogP contribution in [0, 0.1) is 0 Å². The van der Waals surface area contributed by atoms with E-state index in [-0.39, 0.29) is 29.9 Å². The molecule has 1 saturated heterocycles. The summed E-state index contributed by atoms with van der Waals surface area (Å²) in [5.41, 5.74) is 2.32. The molecule has 1 fully saturated rings. The summed E-state index contributed by atoms with van der Waals surface area (Å²) in [5, 5.41) is 6.54. The molecule has 0 bridgehead atoms. The highest BCUT2D eigenvalue weighted by molar-refractivity contribution is 14.0. The molecule has 1 amide bonds.